The van der Waals surface area contributed by atoms with Crippen LogP contribution in [0, 0.1) is 3.57 Å². The first-order chi connectivity index (χ1) is 10.2. The van der Waals surface area contributed by atoms with Crippen LogP contribution >= 0.6 is 22.6 Å². The van der Waals surface area contributed by atoms with Crippen LogP contribution < -0.4 is 15.4 Å². The number of hydrogen-bond donors (Lipinski definition) is 2. The highest BCUT2D eigenvalue weighted by Crippen LogP contribution is 2.21. The molecule has 7 heteroatoms. The molecule has 0 bridgehead atoms. The third-order valence-electron chi connectivity index (χ3n) is 2.51. The highest BCUT2D eigenvalue weighted by atomic mass is 127. The van der Waals surface area contributed by atoms with Crippen LogP contribution in [0.4, 0.5) is 17.6 Å². The average molecular weight is 399 g/mol. The summed E-state index contributed by atoms with van der Waals surface area (Å²) in [5, 5.41) is 6.28. The number of ether oxygens (including phenoxy) is 1. The van der Waals surface area contributed by atoms with Gasteiger partial charge in [-0.25, -0.2) is 0 Å². The fourth-order valence-electron chi connectivity index (χ4n) is 1.59. The molecule has 0 spiro atoms. The second-order valence-electron chi connectivity index (χ2n) is 4.25. The van der Waals surface area contributed by atoms with E-state index in [0.29, 0.717) is 24.5 Å². The Labute approximate surface area is 137 Å². The van der Waals surface area contributed by atoms with Gasteiger partial charge in [-0.3, -0.25) is 0 Å². The molecule has 0 aliphatic carbocycles. The van der Waals surface area contributed by atoms with E-state index in [1.807, 2.05) is 38.1 Å². The molecule has 0 amide bonds. The maximum atomic E-state index is 5.51. The quantitative estimate of drug-likeness (QED) is 0.696. The topological polar surface area (TPSA) is 72.0 Å². The molecule has 1 aromatic carbocycles. The summed E-state index contributed by atoms with van der Waals surface area (Å²) in [6.45, 7) is 5.35. The van der Waals surface area contributed by atoms with Crippen LogP contribution in [0.15, 0.2) is 24.3 Å². The molecular formula is C14H18IN5O. The van der Waals surface area contributed by atoms with Crippen LogP contribution in [0.3, 0.4) is 0 Å². The van der Waals surface area contributed by atoms with Gasteiger partial charge in [-0.05, 0) is 48.1 Å². The normalized spacial score (nSPS) is 10.2. The standard InChI is InChI=1S/C14H18IN5O/c1-3-9-21-14-19-12(16-4-2)18-13(20-14)17-11-8-6-5-7-10(11)15/h5-8H,3-4,9H2,1-2H3,(H2,16,17,18,19,20). The monoisotopic (exact) mass is 399 g/mol. The number of hydrogen-bond acceptors (Lipinski definition) is 6. The summed E-state index contributed by atoms with van der Waals surface area (Å²) in [4.78, 5) is 12.9. The number of anilines is 3. The van der Waals surface area contributed by atoms with E-state index in [1.165, 1.54) is 0 Å². The van der Waals surface area contributed by atoms with E-state index in [9.17, 15) is 0 Å². The minimum absolute atomic E-state index is 0.330. The number of para-hydroxylation sites is 1. The Balaban J connectivity index is 2.24. The van der Waals surface area contributed by atoms with Crippen LogP contribution in [0.2, 0.25) is 0 Å². The maximum Gasteiger partial charge on any atom is 0.323 e. The predicted octanol–water partition coefficient (Wildman–Crippen LogP) is 3.44. The highest BCUT2D eigenvalue weighted by molar-refractivity contribution is 14.1. The predicted molar refractivity (Wildman–Crippen MR) is 92.2 cm³/mol. The van der Waals surface area contributed by atoms with Gasteiger partial charge in [0, 0.05) is 10.1 Å². The number of nitrogens with one attached hydrogen (secondary N) is 2. The summed E-state index contributed by atoms with van der Waals surface area (Å²) >= 11 is 2.26. The second-order valence-corrected chi connectivity index (χ2v) is 5.41. The molecule has 1 heterocycles. The van der Waals surface area contributed by atoms with Gasteiger partial charge < -0.3 is 15.4 Å². The fraction of sp³-hybridized carbons (Fsp3) is 0.357. The number of rotatable bonds is 7. The first-order valence-corrected chi connectivity index (χ1v) is 7.95. The van der Waals surface area contributed by atoms with Gasteiger partial charge in [-0.15, -0.1) is 0 Å². The van der Waals surface area contributed by atoms with Crippen molar-refractivity contribution in [1.82, 2.24) is 15.0 Å². The lowest BCUT2D eigenvalue weighted by Gasteiger charge is -2.10. The third-order valence-corrected chi connectivity index (χ3v) is 3.45. The lowest BCUT2D eigenvalue weighted by molar-refractivity contribution is 0.292. The van der Waals surface area contributed by atoms with Crippen molar-refractivity contribution in [1.29, 1.82) is 0 Å². The number of benzene rings is 1. The van der Waals surface area contributed by atoms with Crippen LogP contribution in [0.5, 0.6) is 6.01 Å². The van der Waals surface area contributed by atoms with E-state index in [4.69, 9.17) is 4.74 Å². The largest absolute Gasteiger partial charge is 0.463 e. The Kier molecular flexibility index (Phi) is 5.97. The van der Waals surface area contributed by atoms with E-state index in [2.05, 4.69) is 48.2 Å². The molecule has 0 saturated heterocycles. The molecule has 0 saturated carbocycles. The van der Waals surface area contributed by atoms with Gasteiger partial charge in [0.05, 0.1) is 12.3 Å². The molecule has 2 aromatic rings. The summed E-state index contributed by atoms with van der Waals surface area (Å²) in [6, 6.07) is 8.27. The molecule has 0 atom stereocenters. The minimum Gasteiger partial charge on any atom is -0.463 e. The van der Waals surface area contributed by atoms with E-state index in [0.717, 1.165) is 22.2 Å². The summed E-state index contributed by atoms with van der Waals surface area (Å²) in [7, 11) is 0. The van der Waals surface area contributed by atoms with E-state index < -0.39 is 0 Å². The van der Waals surface area contributed by atoms with Crippen LogP contribution in [0.1, 0.15) is 20.3 Å². The summed E-state index contributed by atoms with van der Waals surface area (Å²) in [5.74, 6) is 0.975. The molecule has 0 fully saturated rings. The van der Waals surface area contributed by atoms with Gasteiger partial charge >= 0.3 is 6.01 Å². The Bertz CT molecular complexity index is 593. The Morgan fingerprint density at radius 3 is 2.57 bits per heavy atom. The Hall–Kier alpha value is -1.64. The van der Waals surface area contributed by atoms with Gasteiger partial charge in [-0.2, -0.15) is 15.0 Å². The molecule has 2 rings (SSSR count). The van der Waals surface area contributed by atoms with Crippen molar-refractivity contribution in [3.05, 3.63) is 27.8 Å². The fourth-order valence-corrected chi connectivity index (χ4v) is 2.11. The van der Waals surface area contributed by atoms with E-state index in [-0.39, 0.29) is 0 Å². The molecule has 0 aliphatic rings. The molecule has 2 N–H and O–H groups in total. The van der Waals surface area contributed by atoms with Crippen molar-refractivity contribution in [2.24, 2.45) is 0 Å². The highest BCUT2D eigenvalue weighted by Gasteiger charge is 2.08. The Morgan fingerprint density at radius 1 is 1.10 bits per heavy atom. The molecule has 6 nitrogen and oxygen atoms in total. The zero-order chi connectivity index (χ0) is 15.1. The van der Waals surface area contributed by atoms with Gasteiger partial charge in [0.15, 0.2) is 0 Å². The van der Waals surface area contributed by atoms with Crippen molar-refractivity contribution in [2.75, 3.05) is 23.8 Å². The van der Waals surface area contributed by atoms with Crippen molar-refractivity contribution in [3.8, 4) is 6.01 Å². The molecule has 112 valence electrons. The van der Waals surface area contributed by atoms with Gasteiger partial charge in [-0.1, -0.05) is 19.1 Å². The van der Waals surface area contributed by atoms with E-state index in [1.54, 1.807) is 0 Å². The number of aromatic nitrogens is 3. The van der Waals surface area contributed by atoms with Gasteiger partial charge in [0.2, 0.25) is 11.9 Å². The van der Waals surface area contributed by atoms with Crippen molar-refractivity contribution in [2.45, 2.75) is 20.3 Å². The molecule has 21 heavy (non-hydrogen) atoms. The average Bonchev–Trinajstić information content (AvgIpc) is 2.48. The number of nitrogens with zero attached hydrogens (tertiary/aromatic N) is 3. The summed E-state index contributed by atoms with van der Waals surface area (Å²) in [6.07, 6.45) is 0.904. The molecular weight excluding hydrogens is 381 g/mol. The third kappa shape index (κ3) is 4.69. The van der Waals surface area contributed by atoms with Crippen molar-refractivity contribution in [3.63, 3.8) is 0 Å². The van der Waals surface area contributed by atoms with E-state index >= 15 is 0 Å². The van der Waals surface area contributed by atoms with Crippen LogP contribution in [-0.2, 0) is 0 Å². The molecule has 1 aromatic heterocycles. The first-order valence-electron chi connectivity index (χ1n) is 6.87. The SMILES string of the molecule is CCCOc1nc(NCC)nc(Nc2ccccc2I)n1. The van der Waals surface area contributed by atoms with Crippen molar-refractivity contribution < 1.29 is 4.74 Å². The summed E-state index contributed by atoms with van der Waals surface area (Å²) < 4.78 is 6.60. The lowest BCUT2D eigenvalue weighted by atomic mass is 10.3. The number of halogens is 1. The molecule has 0 aliphatic heterocycles. The van der Waals surface area contributed by atoms with Crippen molar-refractivity contribution >= 4 is 40.2 Å². The minimum atomic E-state index is 0.330. The zero-order valence-electron chi connectivity index (χ0n) is 12.1. The zero-order valence-corrected chi connectivity index (χ0v) is 14.2. The summed E-state index contributed by atoms with van der Waals surface area (Å²) in [5.41, 5.74) is 0.952. The van der Waals surface area contributed by atoms with Gasteiger partial charge in [0.25, 0.3) is 0 Å². The molecule has 0 unspecified atom stereocenters. The lowest BCUT2D eigenvalue weighted by Crippen LogP contribution is -2.09. The van der Waals surface area contributed by atoms with Gasteiger partial charge in [0.1, 0.15) is 0 Å². The Morgan fingerprint density at radius 2 is 1.86 bits per heavy atom. The second kappa shape index (κ2) is 7.96. The first kappa shape index (κ1) is 15.7. The van der Waals surface area contributed by atoms with Crippen LogP contribution in [-0.4, -0.2) is 28.1 Å². The van der Waals surface area contributed by atoms with Crippen LogP contribution in [0.25, 0.3) is 0 Å². The maximum absolute atomic E-state index is 5.51. The smallest absolute Gasteiger partial charge is 0.323 e. The molecule has 0 radical (unpaired) electrons.